The molecule has 0 N–H and O–H groups in total. The zero-order valence-electron chi connectivity index (χ0n) is 4.01. The first-order chi connectivity index (χ1) is 0. The van der Waals surface area contributed by atoms with E-state index in [4.69, 9.17) is 0 Å². The summed E-state index contributed by atoms with van der Waals surface area (Å²) in [5.74, 6) is 0. The first-order valence-electron chi connectivity index (χ1n) is 0. The normalized spacial score (nSPS) is 0. The number of hydrogen-bond donors (Lipinski definition) is 0. The van der Waals surface area contributed by atoms with Crippen LogP contribution in [0.5, 0.6) is 0 Å². The minimum Gasteiger partial charge on any atom is -1.00 e. The molecule has 0 aliphatic rings. The first kappa shape index (κ1) is 39.7. The molecule has 0 aliphatic heterocycles. The molecule has 0 rings (SSSR count). The molecular formula is H5AlCuMgTiZr. The van der Waals surface area contributed by atoms with Crippen LogP contribution in [0.2, 0.25) is 0 Å². The van der Waals surface area contributed by atoms with Crippen molar-refractivity contribution in [2.75, 3.05) is 0 Å². The van der Waals surface area contributed by atoms with E-state index in [2.05, 4.69) is 0 Å². The molecule has 0 bridgehead atoms. The summed E-state index contributed by atoms with van der Waals surface area (Å²) >= 11 is 0. The summed E-state index contributed by atoms with van der Waals surface area (Å²) in [5.41, 5.74) is 0. The van der Waals surface area contributed by atoms with Gasteiger partial charge in [0.2, 0.25) is 0 Å². The SMILES string of the molecule is [AlH3].[Cu].[H-].[H-].[Mg+2].[Ti].[Zr]. The average Bonchev–Trinajstić information content (AvgIpc) is 0. The molecule has 0 nitrogen and oxygen atoms in total. The maximum Gasteiger partial charge on any atom is 2.00 e. The maximum atomic E-state index is 0. The van der Waals surface area contributed by atoms with Crippen molar-refractivity contribution < 1.29 is 67.8 Å². The summed E-state index contributed by atoms with van der Waals surface area (Å²) in [6, 6.07) is 0. The Morgan fingerprint density at radius 2 is 1.20 bits per heavy atom. The molecule has 29 valence electrons. The fourth-order valence-electron chi connectivity index (χ4n) is 0. The van der Waals surface area contributed by atoms with Gasteiger partial charge >= 0.3 is 23.1 Å². The number of hydrogen-bond acceptors (Lipinski definition) is 0. The Labute approximate surface area is 106 Å². The van der Waals surface area contributed by atoms with E-state index < -0.39 is 0 Å². The Morgan fingerprint density at radius 1 is 1.20 bits per heavy atom. The van der Waals surface area contributed by atoms with Gasteiger partial charge in [-0.3, -0.25) is 0 Å². The van der Waals surface area contributed by atoms with Crippen LogP contribution in [0.3, 0.4) is 0 Å². The van der Waals surface area contributed by atoms with Crippen LogP contribution in [0.15, 0.2) is 0 Å². The Balaban J connectivity index is 0. The van der Waals surface area contributed by atoms with E-state index >= 15 is 0 Å². The third-order valence-electron chi connectivity index (χ3n) is 0. The Kier molecular flexibility index (Phi) is 208. The second-order valence-electron chi connectivity index (χ2n) is 0. The Hall–Kier alpha value is 3.42. The average molecular weight is 259 g/mol. The van der Waals surface area contributed by atoms with Gasteiger partial charge in [0.25, 0.3) is 0 Å². The maximum absolute atomic E-state index is 0. The van der Waals surface area contributed by atoms with Gasteiger partial charge in [-0.1, -0.05) is 0 Å². The van der Waals surface area contributed by atoms with Crippen LogP contribution >= 0.6 is 0 Å². The monoisotopic (exact) mass is 257 g/mol. The summed E-state index contributed by atoms with van der Waals surface area (Å²) in [6.07, 6.45) is 0. The van der Waals surface area contributed by atoms with Gasteiger partial charge in [-0.25, -0.2) is 0 Å². The largest absolute Gasteiger partial charge is 2.00 e. The van der Waals surface area contributed by atoms with E-state index in [-0.39, 0.29) is 108 Å². The number of rotatable bonds is 0. The third kappa shape index (κ3) is 18.6. The summed E-state index contributed by atoms with van der Waals surface area (Å²) in [4.78, 5) is 0. The molecule has 0 saturated heterocycles. The van der Waals surface area contributed by atoms with Gasteiger partial charge in [0.15, 0.2) is 17.4 Å². The van der Waals surface area contributed by atoms with Crippen LogP contribution in [-0.4, -0.2) is 40.4 Å². The second kappa shape index (κ2) is 26.2. The van der Waals surface area contributed by atoms with E-state index in [1.165, 1.54) is 0 Å². The second-order valence-corrected chi connectivity index (χ2v) is 0. The van der Waals surface area contributed by atoms with Crippen molar-refractivity contribution in [1.82, 2.24) is 0 Å². The fourth-order valence-corrected chi connectivity index (χ4v) is 0. The third-order valence-corrected chi connectivity index (χ3v) is 0. The molecule has 0 aliphatic carbocycles. The summed E-state index contributed by atoms with van der Waals surface area (Å²) < 4.78 is 0. The van der Waals surface area contributed by atoms with Gasteiger partial charge in [-0.15, -0.1) is 0 Å². The summed E-state index contributed by atoms with van der Waals surface area (Å²) in [6.45, 7) is 0. The standard InChI is InChI=1S/Al.Cu.Mg.Ti.Zr.5H/q;;+2;;;;;;2*-1. The van der Waals surface area contributed by atoms with Crippen molar-refractivity contribution in [2.24, 2.45) is 0 Å². The van der Waals surface area contributed by atoms with Crippen molar-refractivity contribution in [3.05, 3.63) is 0 Å². The van der Waals surface area contributed by atoms with Gasteiger partial charge in [0, 0.05) is 65.0 Å². The Morgan fingerprint density at radius 3 is 1.20 bits per heavy atom. The molecule has 0 aromatic carbocycles. The minimum absolute atomic E-state index is 0. The van der Waals surface area contributed by atoms with E-state index in [1.54, 1.807) is 0 Å². The van der Waals surface area contributed by atoms with Crippen LogP contribution < -0.4 is 0 Å². The van der Waals surface area contributed by atoms with Crippen LogP contribution in [0, 0.1) is 0 Å². The van der Waals surface area contributed by atoms with Crippen LogP contribution in [-0.2, 0) is 65.0 Å². The van der Waals surface area contributed by atoms with E-state index in [1.807, 2.05) is 0 Å². The van der Waals surface area contributed by atoms with Crippen molar-refractivity contribution >= 4 is 40.4 Å². The molecule has 0 aromatic heterocycles. The van der Waals surface area contributed by atoms with Gasteiger partial charge in [0.05, 0.1) is 0 Å². The Bertz CT molecular complexity index is 17.7. The van der Waals surface area contributed by atoms with Crippen LogP contribution in [0.1, 0.15) is 2.85 Å². The van der Waals surface area contributed by atoms with Gasteiger partial charge in [0.1, 0.15) is 0 Å². The molecule has 1 radical (unpaired) electrons. The molecule has 0 fully saturated rings. The van der Waals surface area contributed by atoms with Gasteiger partial charge < -0.3 is 2.85 Å². The predicted octanol–water partition coefficient (Wildman–Crippen LogP) is -1.35. The quantitative estimate of drug-likeness (QED) is 0.472. The van der Waals surface area contributed by atoms with Crippen molar-refractivity contribution in [3.8, 4) is 0 Å². The fraction of sp³-hybridized carbons (Fsp3) is 0. The summed E-state index contributed by atoms with van der Waals surface area (Å²) in [7, 11) is 0. The molecule has 0 saturated carbocycles. The zero-order chi connectivity index (χ0) is 0. The van der Waals surface area contributed by atoms with Crippen LogP contribution in [0.25, 0.3) is 0 Å². The molecule has 0 unspecified atom stereocenters. The van der Waals surface area contributed by atoms with E-state index in [0.717, 1.165) is 0 Å². The molecule has 0 amide bonds. The molecule has 0 atom stereocenters. The molecule has 0 aromatic rings. The molecular weight excluding hydrogens is 254 g/mol. The van der Waals surface area contributed by atoms with Crippen LogP contribution in [0.4, 0.5) is 0 Å². The smallest absolute Gasteiger partial charge is 1.00 e. The van der Waals surface area contributed by atoms with E-state index in [0.29, 0.717) is 0 Å². The first-order valence-corrected chi connectivity index (χ1v) is 0. The molecule has 0 spiro atoms. The molecule has 5 heavy (non-hydrogen) atoms. The summed E-state index contributed by atoms with van der Waals surface area (Å²) in [5, 5.41) is 0. The van der Waals surface area contributed by atoms with Crippen molar-refractivity contribution in [3.63, 3.8) is 0 Å². The molecule has 5 heteroatoms. The predicted molar refractivity (Wildman–Crippen MR) is 17.9 cm³/mol. The van der Waals surface area contributed by atoms with Gasteiger partial charge in [-0.2, -0.15) is 0 Å². The minimum atomic E-state index is 0. The van der Waals surface area contributed by atoms with Crippen molar-refractivity contribution in [1.29, 1.82) is 0 Å². The topological polar surface area (TPSA) is 0 Å². The zero-order valence-corrected chi connectivity index (χ0v) is 8.38. The molecule has 0 heterocycles. The van der Waals surface area contributed by atoms with E-state index in [9.17, 15) is 0 Å². The van der Waals surface area contributed by atoms with Gasteiger partial charge in [-0.05, 0) is 0 Å². The van der Waals surface area contributed by atoms with Crippen molar-refractivity contribution in [2.45, 2.75) is 0 Å².